The van der Waals surface area contributed by atoms with Gasteiger partial charge in [0.25, 0.3) is 0 Å². The summed E-state index contributed by atoms with van der Waals surface area (Å²) in [5, 5.41) is 4.34. The van der Waals surface area contributed by atoms with E-state index in [0.29, 0.717) is 19.0 Å². The van der Waals surface area contributed by atoms with E-state index in [9.17, 15) is 0 Å². The summed E-state index contributed by atoms with van der Waals surface area (Å²) >= 11 is 0. The number of rotatable bonds is 8. The maximum Gasteiger partial charge on any atom is 0.163 e. The number of benzene rings is 2. The fraction of sp³-hybridized carbons (Fsp3) is 0.300. The zero-order chi connectivity index (χ0) is 17.5. The Hall–Kier alpha value is -2.82. The molecule has 3 aromatic rings. The highest BCUT2D eigenvalue weighted by Gasteiger charge is 2.11. The van der Waals surface area contributed by atoms with E-state index in [1.54, 1.807) is 6.33 Å². The normalized spacial score (nSPS) is 10.6. The van der Waals surface area contributed by atoms with Crippen LogP contribution in [0.1, 0.15) is 19.4 Å². The molecule has 0 radical (unpaired) electrons. The van der Waals surface area contributed by atoms with E-state index in [1.807, 2.05) is 32.0 Å². The topological polar surface area (TPSA) is 56.3 Å². The summed E-state index contributed by atoms with van der Waals surface area (Å²) in [7, 11) is 0. The fourth-order valence-electron chi connectivity index (χ4n) is 2.71. The van der Waals surface area contributed by atoms with Gasteiger partial charge in [-0.3, -0.25) is 0 Å². The maximum atomic E-state index is 5.72. The summed E-state index contributed by atoms with van der Waals surface area (Å²) in [4.78, 5) is 8.76. The molecule has 0 saturated heterocycles. The van der Waals surface area contributed by atoms with Gasteiger partial charge in [-0.2, -0.15) is 0 Å². The Morgan fingerprint density at radius 3 is 2.36 bits per heavy atom. The largest absolute Gasteiger partial charge is 0.490 e. The van der Waals surface area contributed by atoms with E-state index >= 15 is 0 Å². The summed E-state index contributed by atoms with van der Waals surface area (Å²) in [6, 6.07) is 14.3. The molecular formula is C20H23N3O2. The van der Waals surface area contributed by atoms with Crippen LogP contribution in [0.2, 0.25) is 0 Å². The first kappa shape index (κ1) is 17.0. The van der Waals surface area contributed by atoms with Gasteiger partial charge >= 0.3 is 0 Å². The van der Waals surface area contributed by atoms with Crippen molar-refractivity contribution in [2.45, 2.75) is 20.3 Å². The first-order valence-electron chi connectivity index (χ1n) is 8.64. The molecule has 0 bridgehead atoms. The Morgan fingerprint density at radius 2 is 1.64 bits per heavy atom. The van der Waals surface area contributed by atoms with Crippen molar-refractivity contribution in [3.05, 3.63) is 54.4 Å². The molecule has 0 saturated carbocycles. The third kappa shape index (κ3) is 4.18. The lowest BCUT2D eigenvalue weighted by molar-refractivity contribution is 0.288. The fourth-order valence-corrected chi connectivity index (χ4v) is 2.71. The minimum atomic E-state index is 0.579. The van der Waals surface area contributed by atoms with Crippen molar-refractivity contribution >= 4 is 16.7 Å². The van der Waals surface area contributed by atoms with Crippen LogP contribution in [0.5, 0.6) is 11.5 Å². The van der Waals surface area contributed by atoms with Crippen LogP contribution >= 0.6 is 0 Å². The van der Waals surface area contributed by atoms with E-state index in [1.165, 1.54) is 5.56 Å². The predicted octanol–water partition coefficient (Wildman–Crippen LogP) is 4.08. The van der Waals surface area contributed by atoms with Crippen LogP contribution in [0.4, 0.5) is 5.82 Å². The van der Waals surface area contributed by atoms with E-state index in [2.05, 4.69) is 39.6 Å². The number of nitrogens with zero attached hydrogens (tertiary/aromatic N) is 2. The molecule has 5 heteroatoms. The SMILES string of the molecule is CCOc1cc2ncnc(NCCc3ccccc3)c2cc1OCC. The van der Waals surface area contributed by atoms with Crippen molar-refractivity contribution in [2.24, 2.45) is 0 Å². The zero-order valence-corrected chi connectivity index (χ0v) is 14.7. The summed E-state index contributed by atoms with van der Waals surface area (Å²) in [5.41, 5.74) is 2.13. The molecule has 2 aromatic carbocycles. The van der Waals surface area contributed by atoms with Crippen LogP contribution in [0.3, 0.4) is 0 Å². The van der Waals surface area contributed by atoms with Gasteiger partial charge in [0.1, 0.15) is 12.1 Å². The van der Waals surface area contributed by atoms with Gasteiger partial charge in [0.05, 0.1) is 18.7 Å². The molecule has 0 fully saturated rings. The second kappa shape index (κ2) is 8.33. The summed E-state index contributed by atoms with van der Waals surface area (Å²) in [5.74, 6) is 2.24. The molecule has 0 amide bonds. The quantitative estimate of drug-likeness (QED) is 0.671. The van der Waals surface area contributed by atoms with Gasteiger partial charge in [-0.15, -0.1) is 0 Å². The molecule has 1 N–H and O–H groups in total. The summed E-state index contributed by atoms with van der Waals surface area (Å²) in [6.07, 6.45) is 2.50. The van der Waals surface area contributed by atoms with Crippen LogP contribution in [0, 0.1) is 0 Å². The molecule has 0 aliphatic carbocycles. The van der Waals surface area contributed by atoms with Crippen LogP contribution in [0.25, 0.3) is 10.9 Å². The lowest BCUT2D eigenvalue weighted by atomic mass is 10.1. The summed E-state index contributed by atoms with van der Waals surface area (Å²) in [6.45, 7) is 5.87. The van der Waals surface area contributed by atoms with Crippen LogP contribution in [-0.4, -0.2) is 29.7 Å². The van der Waals surface area contributed by atoms with E-state index in [0.717, 1.165) is 35.4 Å². The molecular weight excluding hydrogens is 314 g/mol. The Balaban J connectivity index is 1.83. The Bertz CT molecular complexity index is 822. The van der Waals surface area contributed by atoms with Crippen molar-refractivity contribution in [3.63, 3.8) is 0 Å². The predicted molar refractivity (Wildman–Crippen MR) is 101 cm³/mol. The standard InChI is InChI=1S/C20H23N3O2/c1-3-24-18-12-16-17(13-19(18)25-4-2)22-14-23-20(16)21-11-10-15-8-6-5-7-9-15/h5-9,12-14H,3-4,10-11H2,1-2H3,(H,21,22,23). The van der Waals surface area contributed by atoms with Crippen LogP contribution in [0.15, 0.2) is 48.8 Å². The Labute approximate surface area is 148 Å². The molecule has 1 aromatic heterocycles. The van der Waals surface area contributed by atoms with Crippen molar-refractivity contribution in [1.29, 1.82) is 0 Å². The van der Waals surface area contributed by atoms with E-state index in [4.69, 9.17) is 9.47 Å². The first-order valence-corrected chi connectivity index (χ1v) is 8.64. The number of anilines is 1. The van der Waals surface area contributed by atoms with Crippen molar-refractivity contribution in [3.8, 4) is 11.5 Å². The van der Waals surface area contributed by atoms with Gasteiger partial charge in [-0.1, -0.05) is 30.3 Å². The molecule has 0 unspecified atom stereocenters. The second-order valence-electron chi connectivity index (χ2n) is 5.57. The maximum absolute atomic E-state index is 5.72. The van der Waals surface area contributed by atoms with Gasteiger partial charge in [0.15, 0.2) is 11.5 Å². The minimum Gasteiger partial charge on any atom is -0.490 e. The second-order valence-corrected chi connectivity index (χ2v) is 5.57. The molecule has 0 atom stereocenters. The lowest BCUT2D eigenvalue weighted by Crippen LogP contribution is -2.07. The van der Waals surface area contributed by atoms with Gasteiger partial charge in [0.2, 0.25) is 0 Å². The smallest absolute Gasteiger partial charge is 0.163 e. The molecule has 0 spiro atoms. The highest BCUT2D eigenvalue weighted by Crippen LogP contribution is 2.34. The van der Waals surface area contributed by atoms with Crippen LogP contribution < -0.4 is 14.8 Å². The van der Waals surface area contributed by atoms with Gasteiger partial charge in [-0.25, -0.2) is 9.97 Å². The average Bonchev–Trinajstić information content (AvgIpc) is 2.64. The van der Waals surface area contributed by atoms with E-state index < -0.39 is 0 Å². The third-order valence-corrected chi connectivity index (χ3v) is 3.85. The van der Waals surface area contributed by atoms with Crippen LogP contribution in [-0.2, 0) is 6.42 Å². The minimum absolute atomic E-state index is 0.579. The molecule has 1 heterocycles. The van der Waals surface area contributed by atoms with Gasteiger partial charge in [0, 0.05) is 18.0 Å². The lowest BCUT2D eigenvalue weighted by Gasteiger charge is -2.14. The van der Waals surface area contributed by atoms with Gasteiger partial charge < -0.3 is 14.8 Å². The van der Waals surface area contributed by atoms with Crippen molar-refractivity contribution in [1.82, 2.24) is 9.97 Å². The Morgan fingerprint density at radius 1 is 0.920 bits per heavy atom. The molecule has 3 rings (SSSR count). The number of aromatic nitrogens is 2. The Kier molecular flexibility index (Phi) is 5.67. The first-order chi connectivity index (χ1) is 12.3. The zero-order valence-electron chi connectivity index (χ0n) is 14.7. The molecule has 0 aliphatic heterocycles. The van der Waals surface area contributed by atoms with E-state index in [-0.39, 0.29) is 0 Å². The highest BCUT2D eigenvalue weighted by molar-refractivity contribution is 5.91. The van der Waals surface area contributed by atoms with Crippen molar-refractivity contribution < 1.29 is 9.47 Å². The third-order valence-electron chi connectivity index (χ3n) is 3.85. The number of hydrogen-bond acceptors (Lipinski definition) is 5. The summed E-state index contributed by atoms with van der Waals surface area (Å²) < 4.78 is 11.4. The van der Waals surface area contributed by atoms with Crippen molar-refractivity contribution in [2.75, 3.05) is 25.1 Å². The number of nitrogens with one attached hydrogen (secondary N) is 1. The number of ether oxygens (including phenoxy) is 2. The average molecular weight is 337 g/mol. The molecule has 5 nitrogen and oxygen atoms in total. The van der Waals surface area contributed by atoms with Gasteiger partial charge in [-0.05, 0) is 31.9 Å². The number of hydrogen-bond donors (Lipinski definition) is 1. The monoisotopic (exact) mass is 337 g/mol. The highest BCUT2D eigenvalue weighted by atomic mass is 16.5. The number of fused-ring (bicyclic) bond motifs is 1. The molecule has 0 aliphatic rings. The molecule has 25 heavy (non-hydrogen) atoms. The molecule has 130 valence electrons.